The van der Waals surface area contributed by atoms with Crippen LogP contribution in [-0.2, 0) is 19.1 Å². The first-order chi connectivity index (χ1) is 9.00. The van der Waals surface area contributed by atoms with Crippen LogP contribution in [0.2, 0.25) is 0 Å². The maximum absolute atomic E-state index is 11.6. The van der Waals surface area contributed by atoms with Crippen molar-refractivity contribution < 1.29 is 24.2 Å². The predicted octanol–water partition coefficient (Wildman–Crippen LogP) is 0.798. The van der Waals surface area contributed by atoms with Gasteiger partial charge in [0.05, 0.1) is 19.3 Å². The molecule has 1 unspecified atom stereocenters. The van der Waals surface area contributed by atoms with E-state index in [1.165, 1.54) is 0 Å². The van der Waals surface area contributed by atoms with Crippen LogP contribution in [0, 0.1) is 5.92 Å². The molecule has 0 bridgehead atoms. The number of aliphatic carboxylic acids is 1. The van der Waals surface area contributed by atoms with E-state index in [1.807, 2.05) is 0 Å². The van der Waals surface area contributed by atoms with Crippen LogP contribution in [0.25, 0.3) is 0 Å². The van der Waals surface area contributed by atoms with Crippen LogP contribution >= 0.6 is 0 Å². The van der Waals surface area contributed by atoms with E-state index < -0.39 is 12.0 Å². The maximum atomic E-state index is 11.6. The van der Waals surface area contributed by atoms with Crippen molar-refractivity contribution in [1.29, 1.82) is 0 Å². The van der Waals surface area contributed by atoms with Gasteiger partial charge in [0.1, 0.15) is 6.04 Å². The monoisotopic (exact) mass is 273 g/mol. The lowest BCUT2D eigenvalue weighted by Gasteiger charge is -2.18. The van der Waals surface area contributed by atoms with Crippen molar-refractivity contribution in [2.24, 2.45) is 5.92 Å². The maximum Gasteiger partial charge on any atom is 0.326 e. The summed E-state index contributed by atoms with van der Waals surface area (Å²) in [5.74, 6) is -1.45. The lowest BCUT2D eigenvalue weighted by Crippen LogP contribution is -2.44. The molecule has 1 saturated heterocycles. The van der Waals surface area contributed by atoms with Gasteiger partial charge in [-0.3, -0.25) is 4.79 Å². The molecule has 0 aliphatic carbocycles. The Morgan fingerprint density at radius 3 is 2.74 bits per heavy atom. The van der Waals surface area contributed by atoms with Crippen molar-refractivity contribution in [3.63, 3.8) is 0 Å². The first kappa shape index (κ1) is 15.9. The molecular weight excluding hydrogens is 250 g/mol. The molecule has 1 aliphatic heterocycles. The second kappa shape index (κ2) is 8.12. The van der Waals surface area contributed by atoms with E-state index in [0.717, 1.165) is 19.4 Å². The largest absolute Gasteiger partial charge is 0.480 e. The Morgan fingerprint density at radius 1 is 1.47 bits per heavy atom. The fourth-order valence-corrected chi connectivity index (χ4v) is 1.91. The van der Waals surface area contributed by atoms with Crippen molar-refractivity contribution >= 4 is 11.9 Å². The Labute approximate surface area is 113 Å². The van der Waals surface area contributed by atoms with Gasteiger partial charge in [-0.1, -0.05) is 13.8 Å². The van der Waals surface area contributed by atoms with Crippen LogP contribution in [0.3, 0.4) is 0 Å². The molecule has 1 aliphatic rings. The summed E-state index contributed by atoms with van der Waals surface area (Å²) in [5.41, 5.74) is 0. The molecule has 0 aromatic carbocycles. The summed E-state index contributed by atoms with van der Waals surface area (Å²) >= 11 is 0. The predicted molar refractivity (Wildman–Crippen MR) is 68.8 cm³/mol. The minimum absolute atomic E-state index is 0.144. The molecule has 0 spiro atoms. The van der Waals surface area contributed by atoms with Gasteiger partial charge in [-0.25, -0.2) is 4.79 Å². The van der Waals surface area contributed by atoms with Gasteiger partial charge >= 0.3 is 5.97 Å². The Morgan fingerprint density at radius 2 is 2.21 bits per heavy atom. The summed E-state index contributed by atoms with van der Waals surface area (Å²) in [6.45, 7) is 5.08. The Hall–Kier alpha value is -1.14. The van der Waals surface area contributed by atoms with Crippen LogP contribution in [0.4, 0.5) is 0 Å². The van der Waals surface area contributed by atoms with Crippen LogP contribution < -0.4 is 5.32 Å². The zero-order valence-electron chi connectivity index (χ0n) is 11.6. The number of hydrogen-bond donors (Lipinski definition) is 2. The zero-order chi connectivity index (χ0) is 14.3. The van der Waals surface area contributed by atoms with Crippen LogP contribution in [0.15, 0.2) is 0 Å². The minimum Gasteiger partial charge on any atom is -0.480 e. The summed E-state index contributed by atoms with van der Waals surface area (Å²) < 4.78 is 10.7. The van der Waals surface area contributed by atoms with E-state index in [1.54, 1.807) is 13.8 Å². The molecule has 6 nitrogen and oxygen atoms in total. The van der Waals surface area contributed by atoms with Gasteiger partial charge in [-0.2, -0.15) is 0 Å². The smallest absolute Gasteiger partial charge is 0.326 e. The highest BCUT2D eigenvalue weighted by Gasteiger charge is 2.23. The van der Waals surface area contributed by atoms with E-state index in [2.05, 4.69) is 5.32 Å². The first-order valence-corrected chi connectivity index (χ1v) is 6.72. The van der Waals surface area contributed by atoms with Gasteiger partial charge in [-0.05, 0) is 18.8 Å². The van der Waals surface area contributed by atoms with Gasteiger partial charge < -0.3 is 19.9 Å². The van der Waals surface area contributed by atoms with E-state index in [-0.39, 0.29) is 31.0 Å². The molecule has 1 fully saturated rings. The summed E-state index contributed by atoms with van der Waals surface area (Å²) in [6, 6.07) is -0.842. The third kappa shape index (κ3) is 6.02. The quantitative estimate of drug-likeness (QED) is 0.639. The third-order valence-electron chi connectivity index (χ3n) is 3.05. The molecule has 1 rings (SSSR count). The molecule has 19 heavy (non-hydrogen) atoms. The average Bonchev–Trinajstić information content (AvgIpc) is 2.84. The topological polar surface area (TPSA) is 84.9 Å². The standard InChI is InChI=1S/C13H23NO5/c1-9(2)12(13(16)17)14-11(15)5-7-18-8-10-4-3-6-19-10/h9-10,12H,3-8H2,1-2H3,(H,14,15)(H,16,17)/t10?,12-/m1/s1. The Bertz CT molecular complexity index is 299. The van der Waals surface area contributed by atoms with E-state index in [0.29, 0.717) is 6.61 Å². The molecule has 0 aromatic rings. The number of carboxylic acid groups (broad SMARTS) is 1. The van der Waals surface area contributed by atoms with Crippen molar-refractivity contribution in [1.82, 2.24) is 5.32 Å². The molecule has 110 valence electrons. The highest BCUT2D eigenvalue weighted by atomic mass is 16.5. The lowest BCUT2D eigenvalue weighted by atomic mass is 10.0. The van der Waals surface area contributed by atoms with Crippen LogP contribution in [0.5, 0.6) is 0 Å². The summed E-state index contributed by atoms with van der Waals surface area (Å²) in [5, 5.41) is 11.4. The Balaban J connectivity index is 2.14. The molecule has 0 aromatic heterocycles. The normalized spacial score (nSPS) is 20.5. The van der Waals surface area contributed by atoms with Crippen molar-refractivity contribution in [2.45, 2.75) is 45.3 Å². The second-order valence-electron chi connectivity index (χ2n) is 5.09. The number of ether oxygens (including phenoxy) is 2. The van der Waals surface area contributed by atoms with Gasteiger partial charge in [0.15, 0.2) is 0 Å². The molecule has 1 heterocycles. The SMILES string of the molecule is CC(C)[C@@H](NC(=O)CCOCC1CCCO1)C(=O)O. The van der Waals surface area contributed by atoms with Gasteiger partial charge in [0.2, 0.25) is 5.91 Å². The Kier molecular flexibility index (Phi) is 6.80. The zero-order valence-corrected chi connectivity index (χ0v) is 11.6. The highest BCUT2D eigenvalue weighted by Crippen LogP contribution is 2.11. The fraction of sp³-hybridized carbons (Fsp3) is 0.846. The van der Waals surface area contributed by atoms with Crippen molar-refractivity contribution in [3.8, 4) is 0 Å². The molecule has 1 amide bonds. The molecular formula is C13H23NO5. The van der Waals surface area contributed by atoms with Gasteiger partial charge in [-0.15, -0.1) is 0 Å². The van der Waals surface area contributed by atoms with Crippen LogP contribution in [-0.4, -0.2) is 48.9 Å². The molecule has 6 heteroatoms. The summed E-state index contributed by atoms with van der Waals surface area (Å²) in [4.78, 5) is 22.5. The lowest BCUT2D eigenvalue weighted by molar-refractivity contribution is -0.143. The first-order valence-electron chi connectivity index (χ1n) is 6.72. The van der Waals surface area contributed by atoms with Crippen molar-refractivity contribution in [2.75, 3.05) is 19.8 Å². The number of hydrogen-bond acceptors (Lipinski definition) is 4. The molecule has 0 radical (unpaired) electrons. The summed E-state index contributed by atoms with van der Waals surface area (Å²) in [7, 11) is 0. The molecule has 0 saturated carbocycles. The van der Waals surface area contributed by atoms with Crippen LogP contribution in [0.1, 0.15) is 33.1 Å². The second-order valence-corrected chi connectivity index (χ2v) is 5.09. The number of carboxylic acids is 1. The van der Waals surface area contributed by atoms with Gasteiger partial charge in [0, 0.05) is 13.0 Å². The average molecular weight is 273 g/mol. The number of nitrogens with one attached hydrogen (secondary N) is 1. The number of carbonyl (C=O) groups is 2. The molecule has 2 N–H and O–H groups in total. The van der Waals surface area contributed by atoms with Crippen molar-refractivity contribution in [3.05, 3.63) is 0 Å². The number of carbonyl (C=O) groups excluding carboxylic acids is 1. The number of rotatable bonds is 8. The summed E-state index contributed by atoms with van der Waals surface area (Å²) in [6.07, 6.45) is 2.37. The number of amides is 1. The van der Waals surface area contributed by atoms with E-state index in [4.69, 9.17) is 14.6 Å². The third-order valence-corrected chi connectivity index (χ3v) is 3.05. The van der Waals surface area contributed by atoms with Gasteiger partial charge in [0.25, 0.3) is 0 Å². The minimum atomic E-state index is -1.01. The molecule has 2 atom stereocenters. The fourth-order valence-electron chi connectivity index (χ4n) is 1.91. The highest BCUT2D eigenvalue weighted by molar-refractivity contribution is 5.83. The van der Waals surface area contributed by atoms with E-state index >= 15 is 0 Å². The van der Waals surface area contributed by atoms with E-state index in [9.17, 15) is 9.59 Å².